The topological polar surface area (TPSA) is 78.5 Å². The fourth-order valence-corrected chi connectivity index (χ4v) is 5.74. The number of ether oxygens (including phenoxy) is 1. The minimum atomic E-state index is -0.173. The summed E-state index contributed by atoms with van der Waals surface area (Å²) in [6.07, 6.45) is 2.28. The van der Waals surface area contributed by atoms with Crippen LogP contribution in [-0.4, -0.2) is 58.7 Å². The van der Waals surface area contributed by atoms with Gasteiger partial charge in [0.2, 0.25) is 5.91 Å². The van der Waals surface area contributed by atoms with E-state index in [1.54, 1.807) is 35.1 Å². The number of aromatic nitrogens is 2. The molecule has 2 fully saturated rings. The summed E-state index contributed by atoms with van der Waals surface area (Å²) in [6, 6.07) is 3.70. The zero-order chi connectivity index (χ0) is 19.7. The highest BCUT2D eigenvalue weighted by Gasteiger charge is 2.39. The van der Waals surface area contributed by atoms with Gasteiger partial charge in [-0.05, 0) is 25.0 Å². The number of halogens is 1. The van der Waals surface area contributed by atoms with Gasteiger partial charge in [-0.25, -0.2) is 4.79 Å². The quantitative estimate of drug-likeness (QED) is 0.712. The molecule has 0 aromatic carbocycles. The molecule has 3 amide bonds. The number of thioether (sulfide) groups is 1. The molecule has 4 rings (SSSR count). The van der Waals surface area contributed by atoms with Crippen molar-refractivity contribution in [3.63, 3.8) is 0 Å². The lowest BCUT2D eigenvalue weighted by molar-refractivity contribution is -0.125. The van der Waals surface area contributed by atoms with Crippen molar-refractivity contribution in [3.05, 3.63) is 27.0 Å². The monoisotopic (exact) mass is 440 g/mol. The third-order valence-electron chi connectivity index (χ3n) is 5.04. The molecule has 2 saturated heterocycles. The second-order valence-electron chi connectivity index (χ2n) is 6.85. The van der Waals surface area contributed by atoms with Crippen molar-refractivity contribution < 1.29 is 14.3 Å². The van der Waals surface area contributed by atoms with Crippen molar-refractivity contribution in [3.8, 4) is 5.75 Å². The highest BCUT2D eigenvalue weighted by molar-refractivity contribution is 7.98. The third kappa shape index (κ3) is 3.88. The normalized spacial score (nSPS) is 19.6. The molecule has 0 spiro atoms. The van der Waals surface area contributed by atoms with Gasteiger partial charge in [0, 0.05) is 42.6 Å². The second-order valence-corrected chi connectivity index (χ2v) is 9.62. The Bertz CT molecular complexity index is 878. The summed E-state index contributed by atoms with van der Waals surface area (Å²) < 4.78 is 6.35. The van der Waals surface area contributed by atoms with Gasteiger partial charge < -0.3 is 9.64 Å². The van der Waals surface area contributed by atoms with Crippen LogP contribution in [0.4, 0.5) is 4.79 Å². The van der Waals surface area contributed by atoms with Gasteiger partial charge in [0.25, 0.3) is 0 Å². The van der Waals surface area contributed by atoms with Crippen LogP contribution in [0, 0.1) is 0 Å². The molecule has 2 aliphatic rings. The second kappa shape index (κ2) is 8.34. The first-order valence-electron chi connectivity index (χ1n) is 9.15. The Morgan fingerprint density at radius 1 is 1.43 bits per heavy atom. The van der Waals surface area contributed by atoms with Gasteiger partial charge in [-0.3, -0.25) is 14.8 Å². The number of urea groups is 1. The Kier molecular flexibility index (Phi) is 5.84. The van der Waals surface area contributed by atoms with Gasteiger partial charge in [0.15, 0.2) is 10.8 Å². The van der Waals surface area contributed by atoms with Crippen LogP contribution >= 0.6 is 34.7 Å². The van der Waals surface area contributed by atoms with Gasteiger partial charge >= 0.3 is 6.03 Å². The number of hydrogen-bond acceptors (Lipinski definition) is 6. The van der Waals surface area contributed by atoms with E-state index in [4.69, 9.17) is 16.3 Å². The largest absolute Gasteiger partial charge is 0.492 e. The van der Waals surface area contributed by atoms with Crippen LogP contribution < -0.4 is 4.74 Å². The smallest absolute Gasteiger partial charge is 0.326 e. The maximum Gasteiger partial charge on any atom is 0.326 e. The van der Waals surface area contributed by atoms with E-state index in [0.29, 0.717) is 12.3 Å². The number of hydrogen-bond donors (Lipinski definition) is 1. The van der Waals surface area contributed by atoms with Crippen LogP contribution in [-0.2, 0) is 10.5 Å². The molecule has 0 radical (unpaired) electrons. The van der Waals surface area contributed by atoms with E-state index in [1.165, 1.54) is 4.90 Å². The van der Waals surface area contributed by atoms with Crippen LogP contribution in [0.25, 0.3) is 0 Å². The maximum atomic E-state index is 12.6. The van der Waals surface area contributed by atoms with Crippen molar-refractivity contribution in [1.82, 2.24) is 20.0 Å². The SMILES string of the molecule is COc1c(SCc2ccc(Cl)s2)n[nH]c1C1CC(=O)N(C(=O)N2CCCC2)C1. The summed E-state index contributed by atoms with van der Waals surface area (Å²) in [6.45, 7) is 1.82. The number of imide groups is 1. The number of amides is 3. The number of likely N-dealkylation sites (tertiary alicyclic amines) is 2. The fraction of sp³-hybridized carbons (Fsp3) is 0.500. The molecule has 4 heterocycles. The lowest BCUT2D eigenvalue weighted by Crippen LogP contribution is -2.42. The van der Waals surface area contributed by atoms with Crippen LogP contribution in [0.5, 0.6) is 5.75 Å². The van der Waals surface area contributed by atoms with Gasteiger partial charge in [0.1, 0.15) is 0 Å². The molecule has 2 aromatic rings. The van der Waals surface area contributed by atoms with Crippen LogP contribution in [0.15, 0.2) is 17.2 Å². The van der Waals surface area contributed by atoms with Crippen LogP contribution in [0.1, 0.15) is 35.8 Å². The van der Waals surface area contributed by atoms with Crippen LogP contribution in [0.3, 0.4) is 0 Å². The predicted molar refractivity (Wildman–Crippen MR) is 109 cm³/mol. The first-order valence-corrected chi connectivity index (χ1v) is 11.3. The zero-order valence-corrected chi connectivity index (χ0v) is 17.8. The standard InChI is InChI=1S/C18H21ClN4O3S2/c1-26-16-15(20-21-17(16)27-10-12-4-5-13(19)28-12)11-8-14(24)23(9-11)18(25)22-6-2-3-7-22/h4-5,11H,2-3,6-10H2,1H3,(H,20,21). The Balaban J connectivity index is 1.46. The van der Waals surface area contributed by atoms with Crippen molar-refractivity contribution in [1.29, 1.82) is 0 Å². The molecule has 0 saturated carbocycles. The number of methoxy groups -OCH3 is 1. The number of carbonyl (C=O) groups is 2. The van der Waals surface area contributed by atoms with E-state index in [1.807, 2.05) is 12.1 Å². The van der Waals surface area contributed by atoms with E-state index in [0.717, 1.165) is 51.6 Å². The molecule has 1 unspecified atom stereocenters. The minimum absolute atomic E-state index is 0.132. The number of aromatic amines is 1. The molecule has 1 atom stereocenters. The summed E-state index contributed by atoms with van der Waals surface area (Å²) in [5.41, 5.74) is 0.777. The van der Waals surface area contributed by atoms with E-state index in [2.05, 4.69) is 10.2 Å². The Morgan fingerprint density at radius 3 is 2.89 bits per heavy atom. The number of nitrogens with zero attached hydrogens (tertiary/aromatic N) is 3. The molecule has 2 aromatic heterocycles. The molecule has 2 aliphatic heterocycles. The van der Waals surface area contributed by atoms with Gasteiger partial charge in [-0.15, -0.1) is 11.3 Å². The van der Waals surface area contributed by atoms with E-state index >= 15 is 0 Å². The molecule has 10 heteroatoms. The molecule has 7 nitrogen and oxygen atoms in total. The van der Waals surface area contributed by atoms with Gasteiger partial charge in [0.05, 0.1) is 17.1 Å². The lowest BCUT2D eigenvalue weighted by Gasteiger charge is -2.22. The number of carbonyl (C=O) groups excluding carboxylic acids is 2. The van der Waals surface area contributed by atoms with Crippen molar-refractivity contribution in [2.24, 2.45) is 0 Å². The molecule has 28 heavy (non-hydrogen) atoms. The Labute approximate surface area is 176 Å². The average Bonchev–Trinajstić information content (AvgIpc) is 3.46. The predicted octanol–water partition coefficient (Wildman–Crippen LogP) is 3.96. The first-order chi connectivity index (χ1) is 13.6. The molecule has 0 aliphatic carbocycles. The molecule has 1 N–H and O–H groups in total. The van der Waals surface area contributed by atoms with Crippen molar-refractivity contribution in [2.75, 3.05) is 26.7 Å². The molecule has 150 valence electrons. The lowest BCUT2D eigenvalue weighted by atomic mass is 10.0. The number of rotatable bonds is 5. The van der Waals surface area contributed by atoms with Crippen molar-refractivity contribution in [2.45, 2.75) is 36.0 Å². The summed E-state index contributed by atoms with van der Waals surface area (Å²) >= 11 is 9.08. The summed E-state index contributed by atoms with van der Waals surface area (Å²) in [5, 5.41) is 8.17. The number of H-pyrrole nitrogens is 1. The Hall–Kier alpha value is -1.71. The number of nitrogens with one attached hydrogen (secondary N) is 1. The van der Waals surface area contributed by atoms with Crippen molar-refractivity contribution >= 4 is 46.6 Å². The molecular formula is C18H21ClN4O3S2. The zero-order valence-electron chi connectivity index (χ0n) is 15.4. The average molecular weight is 441 g/mol. The van der Waals surface area contributed by atoms with E-state index in [9.17, 15) is 9.59 Å². The van der Waals surface area contributed by atoms with E-state index in [-0.39, 0.29) is 24.3 Å². The molecule has 0 bridgehead atoms. The van der Waals surface area contributed by atoms with Gasteiger partial charge in [-0.1, -0.05) is 23.4 Å². The van der Waals surface area contributed by atoms with Gasteiger partial charge in [-0.2, -0.15) is 5.10 Å². The van der Waals surface area contributed by atoms with Crippen LogP contribution in [0.2, 0.25) is 4.34 Å². The first kappa shape index (κ1) is 19.6. The minimum Gasteiger partial charge on any atom is -0.492 e. The highest BCUT2D eigenvalue weighted by atomic mass is 35.5. The fourth-order valence-electron chi connectivity index (χ4n) is 3.63. The molecular weight excluding hydrogens is 420 g/mol. The Morgan fingerprint density at radius 2 is 2.21 bits per heavy atom. The third-order valence-corrected chi connectivity index (χ3v) is 7.46. The highest BCUT2D eigenvalue weighted by Crippen LogP contribution is 2.40. The summed E-state index contributed by atoms with van der Waals surface area (Å²) in [5.74, 6) is 1.12. The van der Waals surface area contributed by atoms with E-state index < -0.39 is 0 Å². The summed E-state index contributed by atoms with van der Waals surface area (Å²) in [7, 11) is 1.60. The number of thiophene rings is 1. The maximum absolute atomic E-state index is 12.6. The summed E-state index contributed by atoms with van der Waals surface area (Å²) in [4.78, 5) is 29.4.